The summed E-state index contributed by atoms with van der Waals surface area (Å²) in [4.78, 5) is 10.4. The van der Waals surface area contributed by atoms with Gasteiger partial charge in [-0.25, -0.2) is 8.42 Å². The van der Waals surface area contributed by atoms with Crippen molar-refractivity contribution in [2.45, 2.75) is 24.5 Å². The molecule has 1 atom stereocenters. The van der Waals surface area contributed by atoms with E-state index in [0.717, 1.165) is 6.26 Å². The van der Waals surface area contributed by atoms with Gasteiger partial charge in [0, 0.05) is 6.26 Å². The van der Waals surface area contributed by atoms with Gasteiger partial charge in [0.1, 0.15) is 11.9 Å². The highest BCUT2D eigenvalue weighted by atomic mass is 32.2. The van der Waals surface area contributed by atoms with Gasteiger partial charge in [0.05, 0.1) is 22.5 Å². The summed E-state index contributed by atoms with van der Waals surface area (Å²) in [5, 5.41) is 24.9. The predicted octanol–water partition coefficient (Wildman–Crippen LogP) is 1.24. The number of benzene rings is 1. The van der Waals surface area contributed by atoms with Crippen LogP contribution >= 0.6 is 0 Å². The molecule has 8 nitrogen and oxygen atoms in total. The fraction of sp³-hybridized carbons (Fsp3) is 0.308. The number of rotatable bonds is 5. The van der Waals surface area contributed by atoms with E-state index < -0.39 is 20.9 Å². The molecule has 0 saturated heterocycles. The summed E-state index contributed by atoms with van der Waals surface area (Å²) < 4.78 is 24.0. The highest BCUT2D eigenvalue weighted by Crippen LogP contribution is 2.20. The number of hydrogen-bond donors (Lipinski definition) is 1. The number of nitro groups is 1. The SMILES string of the molecule is Cc1nn(C[C@@H](O)c2ccc(S(C)(=O)=O)cc2)cc1[N+](=O)[O-]. The Morgan fingerprint density at radius 1 is 1.36 bits per heavy atom. The lowest BCUT2D eigenvalue weighted by molar-refractivity contribution is -0.385. The van der Waals surface area contributed by atoms with Crippen LogP contribution in [0.2, 0.25) is 0 Å². The summed E-state index contributed by atoms with van der Waals surface area (Å²) in [5.74, 6) is 0. The molecule has 0 aliphatic heterocycles. The fourth-order valence-electron chi connectivity index (χ4n) is 2.00. The van der Waals surface area contributed by atoms with Crippen molar-refractivity contribution < 1.29 is 18.4 Å². The van der Waals surface area contributed by atoms with Crippen LogP contribution in [-0.2, 0) is 16.4 Å². The predicted molar refractivity (Wildman–Crippen MR) is 78.1 cm³/mol. The van der Waals surface area contributed by atoms with Crippen LogP contribution in [0, 0.1) is 17.0 Å². The van der Waals surface area contributed by atoms with Crippen LogP contribution in [0.3, 0.4) is 0 Å². The van der Waals surface area contributed by atoms with Crippen molar-refractivity contribution in [3.63, 3.8) is 0 Å². The van der Waals surface area contributed by atoms with Gasteiger partial charge in [-0.05, 0) is 24.6 Å². The second-order valence-electron chi connectivity index (χ2n) is 4.94. The molecular formula is C13H15N3O5S. The number of aryl methyl sites for hydroxylation is 1. The molecule has 1 aromatic heterocycles. The summed E-state index contributed by atoms with van der Waals surface area (Å²) in [6, 6.07) is 5.83. The Kier molecular flexibility index (Phi) is 4.29. The number of aliphatic hydroxyl groups excluding tert-OH is 1. The molecule has 9 heteroatoms. The number of aliphatic hydroxyl groups is 1. The van der Waals surface area contributed by atoms with Gasteiger partial charge in [0.25, 0.3) is 0 Å². The molecule has 0 amide bonds. The highest BCUT2D eigenvalue weighted by molar-refractivity contribution is 7.90. The van der Waals surface area contributed by atoms with E-state index in [1.165, 1.54) is 42.1 Å². The third-order valence-electron chi connectivity index (χ3n) is 3.17. The normalized spacial score (nSPS) is 13.0. The molecule has 0 aliphatic rings. The summed E-state index contributed by atoms with van der Waals surface area (Å²) in [6.45, 7) is 1.55. The van der Waals surface area contributed by atoms with E-state index >= 15 is 0 Å². The van der Waals surface area contributed by atoms with Crippen LogP contribution in [0.1, 0.15) is 17.4 Å². The second kappa shape index (κ2) is 5.85. The van der Waals surface area contributed by atoms with Crippen molar-refractivity contribution in [3.05, 3.63) is 51.8 Å². The van der Waals surface area contributed by atoms with Crippen molar-refractivity contribution >= 4 is 15.5 Å². The quantitative estimate of drug-likeness (QED) is 0.653. The molecule has 0 radical (unpaired) electrons. The first-order valence-electron chi connectivity index (χ1n) is 6.35. The largest absolute Gasteiger partial charge is 0.386 e. The standard InChI is InChI=1S/C13H15N3O5S/c1-9-12(16(18)19)7-15(14-9)8-13(17)10-3-5-11(6-4-10)22(2,20)21/h3-7,13,17H,8H2,1-2H3/t13-/m1/s1. The molecule has 2 rings (SSSR count). The van der Waals surface area contributed by atoms with Crippen LogP contribution in [0.25, 0.3) is 0 Å². The van der Waals surface area contributed by atoms with Crippen molar-refractivity contribution in [1.82, 2.24) is 9.78 Å². The van der Waals surface area contributed by atoms with E-state index in [9.17, 15) is 23.6 Å². The van der Waals surface area contributed by atoms with E-state index in [4.69, 9.17) is 0 Å². The molecule has 1 aromatic carbocycles. The zero-order chi connectivity index (χ0) is 16.5. The van der Waals surface area contributed by atoms with Crippen LogP contribution in [0.15, 0.2) is 35.4 Å². The Morgan fingerprint density at radius 2 is 1.95 bits per heavy atom. The van der Waals surface area contributed by atoms with Crippen molar-refractivity contribution in [2.75, 3.05) is 6.26 Å². The Hall–Kier alpha value is -2.26. The molecule has 0 aliphatic carbocycles. The minimum Gasteiger partial charge on any atom is -0.386 e. The molecule has 118 valence electrons. The lowest BCUT2D eigenvalue weighted by Gasteiger charge is -2.11. The van der Waals surface area contributed by atoms with Gasteiger partial charge in [-0.2, -0.15) is 5.10 Å². The molecule has 0 unspecified atom stereocenters. The van der Waals surface area contributed by atoms with Gasteiger partial charge in [-0.1, -0.05) is 12.1 Å². The maximum absolute atomic E-state index is 11.4. The first-order valence-corrected chi connectivity index (χ1v) is 8.24. The first kappa shape index (κ1) is 16.1. The van der Waals surface area contributed by atoms with E-state index in [2.05, 4.69) is 5.10 Å². The molecule has 0 fully saturated rings. The van der Waals surface area contributed by atoms with E-state index in [1.807, 2.05) is 0 Å². The molecule has 0 saturated carbocycles. The number of aromatic nitrogens is 2. The van der Waals surface area contributed by atoms with Crippen molar-refractivity contribution in [1.29, 1.82) is 0 Å². The van der Waals surface area contributed by atoms with E-state index in [1.54, 1.807) is 0 Å². The lowest BCUT2D eigenvalue weighted by Crippen LogP contribution is -2.09. The molecule has 0 bridgehead atoms. The average molecular weight is 325 g/mol. The van der Waals surface area contributed by atoms with Crippen LogP contribution in [-0.4, -0.2) is 34.5 Å². The molecule has 2 aromatic rings. The first-order chi connectivity index (χ1) is 10.2. The maximum atomic E-state index is 11.4. The van der Waals surface area contributed by atoms with Crippen LogP contribution in [0.4, 0.5) is 5.69 Å². The third kappa shape index (κ3) is 3.49. The van der Waals surface area contributed by atoms with Crippen molar-refractivity contribution in [3.8, 4) is 0 Å². The zero-order valence-electron chi connectivity index (χ0n) is 12.0. The molecule has 1 heterocycles. The Morgan fingerprint density at radius 3 is 2.41 bits per heavy atom. The summed E-state index contributed by atoms with van der Waals surface area (Å²) in [7, 11) is -3.29. The Balaban J connectivity index is 2.17. The smallest absolute Gasteiger partial charge is 0.309 e. The van der Waals surface area contributed by atoms with Crippen LogP contribution in [0.5, 0.6) is 0 Å². The van der Waals surface area contributed by atoms with Gasteiger partial charge >= 0.3 is 5.69 Å². The number of hydrogen-bond acceptors (Lipinski definition) is 6. The average Bonchev–Trinajstić information content (AvgIpc) is 2.79. The monoisotopic (exact) mass is 325 g/mol. The third-order valence-corrected chi connectivity index (χ3v) is 4.30. The van der Waals surface area contributed by atoms with E-state index in [0.29, 0.717) is 5.56 Å². The van der Waals surface area contributed by atoms with E-state index in [-0.39, 0.29) is 22.8 Å². The lowest BCUT2D eigenvalue weighted by atomic mass is 10.1. The van der Waals surface area contributed by atoms with Gasteiger partial charge in [-0.15, -0.1) is 0 Å². The molecule has 0 spiro atoms. The highest BCUT2D eigenvalue weighted by Gasteiger charge is 2.18. The molecule has 22 heavy (non-hydrogen) atoms. The fourth-order valence-corrected chi connectivity index (χ4v) is 2.63. The van der Waals surface area contributed by atoms with Crippen molar-refractivity contribution in [2.24, 2.45) is 0 Å². The topological polar surface area (TPSA) is 115 Å². The number of nitrogens with zero attached hydrogens (tertiary/aromatic N) is 3. The minimum atomic E-state index is -3.29. The zero-order valence-corrected chi connectivity index (χ0v) is 12.8. The van der Waals surface area contributed by atoms with Gasteiger partial charge in [0.2, 0.25) is 0 Å². The summed E-state index contributed by atoms with van der Waals surface area (Å²) >= 11 is 0. The number of sulfone groups is 1. The molecular weight excluding hydrogens is 310 g/mol. The molecule has 1 N–H and O–H groups in total. The maximum Gasteiger partial charge on any atom is 0.309 e. The van der Waals surface area contributed by atoms with Gasteiger partial charge < -0.3 is 5.11 Å². The summed E-state index contributed by atoms with van der Waals surface area (Å²) in [6.07, 6.45) is 1.40. The summed E-state index contributed by atoms with van der Waals surface area (Å²) in [5.41, 5.74) is 0.660. The van der Waals surface area contributed by atoms with Crippen LogP contribution < -0.4 is 0 Å². The minimum absolute atomic E-state index is 0.0346. The van der Waals surface area contributed by atoms with Gasteiger partial charge in [0.15, 0.2) is 9.84 Å². The Labute approximate surface area is 127 Å². The van der Waals surface area contributed by atoms with Gasteiger partial charge in [-0.3, -0.25) is 14.8 Å². The Bertz CT molecular complexity index is 796. The second-order valence-corrected chi connectivity index (χ2v) is 6.95.